The summed E-state index contributed by atoms with van der Waals surface area (Å²) in [6.07, 6.45) is 3.84. The van der Waals surface area contributed by atoms with Crippen molar-refractivity contribution in [1.29, 1.82) is 0 Å². The molecular formula is C29H24ClN3O5. The number of carbonyl (C=O) groups is 3. The van der Waals surface area contributed by atoms with Gasteiger partial charge in [0.1, 0.15) is 17.5 Å². The molecule has 3 aromatic carbocycles. The monoisotopic (exact) mass is 529 g/mol. The van der Waals surface area contributed by atoms with Gasteiger partial charge in [0.2, 0.25) is 17.7 Å². The number of anilines is 3. The third-order valence-electron chi connectivity index (χ3n) is 7.44. The number of hydrogen-bond acceptors (Lipinski definition) is 6. The van der Waals surface area contributed by atoms with Gasteiger partial charge in [-0.1, -0.05) is 54.1 Å². The van der Waals surface area contributed by atoms with Gasteiger partial charge in [0.05, 0.1) is 48.5 Å². The van der Waals surface area contributed by atoms with Crippen molar-refractivity contribution in [2.75, 3.05) is 29.3 Å². The average Bonchev–Trinajstić information content (AvgIpc) is 3.41. The fourth-order valence-electron chi connectivity index (χ4n) is 5.80. The van der Waals surface area contributed by atoms with Crippen molar-refractivity contribution >= 4 is 52.5 Å². The Morgan fingerprint density at radius 1 is 0.895 bits per heavy atom. The van der Waals surface area contributed by atoms with Crippen LogP contribution in [0.4, 0.5) is 17.1 Å². The summed E-state index contributed by atoms with van der Waals surface area (Å²) in [5.41, 5.74) is 2.41. The van der Waals surface area contributed by atoms with Crippen LogP contribution in [0.3, 0.4) is 0 Å². The molecule has 4 atom stereocenters. The van der Waals surface area contributed by atoms with Crippen LogP contribution in [0.5, 0.6) is 11.5 Å². The molecule has 3 aromatic rings. The van der Waals surface area contributed by atoms with Gasteiger partial charge in [-0.25, -0.2) is 4.90 Å². The first-order valence-electron chi connectivity index (χ1n) is 12.2. The molecule has 0 aromatic heterocycles. The highest BCUT2D eigenvalue weighted by Gasteiger charge is 2.64. The maximum Gasteiger partial charge on any atom is 0.248 e. The topological polar surface area (TPSA) is 88.2 Å². The number of benzene rings is 3. The molecule has 0 radical (unpaired) electrons. The van der Waals surface area contributed by atoms with E-state index in [1.165, 1.54) is 14.2 Å². The third kappa shape index (κ3) is 3.55. The normalized spacial score (nSPS) is 23.1. The second kappa shape index (κ2) is 9.22. The number of carbonyl (C=O) groups excluding carboxylic acids is 3. The first kappa shape index (κ1) is 24.1. The number of amides is 3. The molecule has 0 unspecified atom stereocenters. The highest BCUT2D eigenvalue weighted by Crippen LogP contribution is 2.50. The molecule has 3 aliphatic rings. The number of imide groups is 1. The lowest BCUT2D eigenvalue weighted by molar-refractivity contribution is -0.126. The SMILES string of the molecule is COc1ccc(OC)c(NC(=O)[C@H]2[C@H]3C(=O)N(c4ccccc4Cl)C(=O)[C@H]3[C@@H]3C=Cc4ccccc4N32)c1. The zero-order valence-corrected chi connectivity index (χ0v) is 21.4. The van der Waals surface area contributed by atoms with E-state index in [-0.39, 0.29) is 10.9 Å². The largest absolute Gasteiger partial charge is 0.497 e. The quantitative estimate of drug-likeness (QED) is 0.493. The Morgan fingerprint density at radius 2 is 1.61 bits per heavy atom. The summed E-state index contributed by atoms with van der Waals surface area (Å²) in [6.45, 7) is 0. The summed E-state index contributed by atoms with van der Waals surface area (Å²) >= 11 is 6.39. The van der Waals surface area contributed by atoms with Crippen LogP contribution < -0.4 is 24.6 Å². The minimum absolute atomic E-state index is 0.290. The lowest BCUT2D eigenvalue weighted by Gasteiger charge is -2.36. The van der Waals surface area contributed by atoms with E-state index >= 15 is 0 Å². The lowest BCUT2D eigenvalue weighted by atomic mass is 9.88. The standard InChI is InChI=1S/C29H24ClN3O5/c1-37-17-12-14-23(38-2)19(15-17)31-27(34)26-25-24(22-13-11-16-7-3-5-9-20(16)32(22)26)28(35)33(29(25)36)21-10-6-4-8-18(21)30/h3-15,22,24-26H,1-2H3,(H,31,34)/t22-,24-,25-,26+/m0/s1. The molecule has 2 saturated heterocycles. The van der Waals surface area contributed by atoms with Crippen LogP contribution in [-0.2, 0) is 14.4 Å². The molecule has 38 heavy (non-hydrogen) atoms. The van der Waals surface area contributed by atoms with Crippen molar-refractivity contribution in [3.05, 3.63) is 83.4 Å². The van der Waals surface area contributed by atoms with Crippen LogP contribution in [0.1, 0.15) is 5.56 Å². The van der Waals surface area contributed by atoms with Crippen molar-refractivity contribution < 1.29 is 23.9 Å². The maximum absolute atomic E-state index is 14.1. The Balaban J connectivity index is 1.45. The summed E-state index contributed by atoms with van der Waals surface area (Å²) in [6, 6.07) is 18.0. The molecule has 1 N–H and O–H groups in total. The van der Waals surface area contributed by atoms with Gasteiger partial charge in [-0.2, -0.15) is 0 Å². The number of rotatable bonds is 5. The van der Waals surface area contributed by atoms with E-state index in [2.05, 4.69) is 5.32 Å². The summed E-state index contributed by atoms with van der Waals surface area (Å²) in [5, 5.41) is 3.23. The summed E-state index contributed by atoms with van der Waals surface area (Å²) < 4.78 is 10.8. The molecule has 3 heterocycles. The minimum atomic E-state index is -0.962. The Morgan fingerprint density at radius 3 is 2.34 bits per heavy atom. The Hall–Kier alpha value is -4.30. The average molecular weight is 530 g/mol. The zero-order valence-electron chi connectivity index (χ0n) is 20.6. The molecule has 0 aliphatic carbocycles. The van der Waals surface area contributed by atoms with Crippen LogP contribution in [-0.4, -0.2) is 44.0 Å². The van der Waals surface area contributed by atoms with Gasteiger partial charge in [0.25, 0.3) is 0 Å². The highest BCUT2D eigenvalue weighted by atomic mass is 35.5. The molecule has 9 heteroatoms. The molecule has 2 fully saturated rings. The summed E-state index contributed by atoms with van der Waals surface area (Å²) in [5.74, 6) is -1.96. The molecule has 192 valence electrons. The zero-order chi connectivity index (χ0) is 26.6. The van der Waals surface area contributed by atoms with Crippen molar-refractivity contribution in [2.24, 2.45) is 11.8 Å². The molecule has 0 saturated carbocycles. The van der Waals surface area contributed by atoms with E-state index < -0.39 is 35.7 Å². The number of ether oxygens (including phenoxy) is 2. The number of halogens is 1. The van der Waals surface area contributed by atoms with Crippen molar-refractivity contribution in [3.8, 4) is 11.5 Å². The van der Waals surface area contributed by atoms with E-state index in [1.807, 2.05) is 41.3 Å². The van der Waals surface area contributed by atoms with Gasteiger partial charge in [-0.15, -0.1) is 0 Å². The van der Waals surface area contributed by atoms with Crippen molar-refractivity contribution in [1.82, 2.24) is 0 Å². The molecule has 3 aliphatic heterocycles. The lowest BCUT2D eigenvalue weighted by Crippen LogP contribution is -2.50. The first-order chi connectivity index (χ1) is 18.4. The number of nitrogens with zero attached hydrogens (tertiary/aromatic N) is 2. The van der Waals surface area contributed by atoms with Crippen molar-refractivity contribution in [3.63, 3.8) is 0 Å². The number of methoxy groups -OCH3 is 2. The van der Waals surface area contributed by atoms with E-state index in [0.717, 1.165) is 16.2 Å². The smallest absolute Gasteiger partial charge is 0.248 e. The molecular weight excluding hydrogens is 506 g/mol. The van der Waals surface area contributed by atoms with E-state index in [4.69, 9.17) is 21.1 Å². The van der Waals surface area contributed by atoms with Crippen LogP contribution in [0, 0.1) is 11.8 Å². The van der Waals surface area contributed by atoms with Gasteiger partial charge in [0, 0.05) is 11.8 Å². The Labute approximate surface area is 224 Å². The van der Waals surface area contributed by atoms with Gasteiger partial charge >= 0.3 is 0 Å². The number of para-hydroxylation sites is 2. The predicted octanol–water partition coefficient (Wildman–Crippen LogP) is 4.39. The molecule has 0 bridgehead atoms. The molecule has 8 nitrogen and oxygen atoms in total. The molecule has 0 spiro atoms. The maximum atomic E-state index is 14.1. The number of fused-ring (bicyclic) bond motifs is 5. The first-order valence-corrected chi connectivity index (χ1v) is 12.5. The van der Waals surface area contributed by atoms with Gasteiger partial charge in [0.15, 0.2) is 0 Å². The van der Waals surface area contributed by atoms with Gasteiger partial charge in [-0.05, 0) is 35.9 Å². The van der Waals surface area contributed by atoms with Crippen LogP contribution in [0.25, 0.3) is 6.08 Å². The summed E-state index contributed by atoms with van der Waals surface area (Å²) in [4.78, 5) is 44.9. The number of hydrogen-bond donors (Lipinski definition) is 1. The Kier molecular flexibility index (Phi) is 5.84. The van der Waals surface area contributed by atoms with Crippen LogP contribution >= 0.6 is 11.6 Å². The minimum Gasteiger partial charge on any atom is -0.497 e. The van der Waals surface area contributed by atoms with Gasteiger partial charge in [-0.3, -0.25) is 14.4 Å². The summed E-state index contributed by atoms with van der Waals surface area (Å²) in [7, 11) is 3.04. The predicted molar refractivity (Wildman–Crippen MR) is 145 cm³/mol. The fourth-order valence-corrected chi connectivity index (χ4v) is 6.02. The Bertz CT molecular complexity index is 1510. The number of nitrogens with one attached hydrogen (secondary N) is 1. The molecule has 3 amide bonds. The third-order valence-corrected chi connectivity index (χ3v) is 7.76. The van der Waals surface area contributed by atoms with Crippen molar-refractivity contribution in [2.45, 2.75) is 12.1 Å². The van der Waals surface area contributed by atoms with E-state index in [1.54, 1.807) is 42.5 Å². The highest BCUT2D eigenvalue weighted by molar-refractivity contribution is 6.36. The van der Waals surface area contributed by atoms with Crippen LogP contribution in [0.2, 0.25) is 5.02 Å². The fraction of sp³-hybridized carbons (Fsp3) is 0.207. The second-order valence-electron chi connectivity index (χ2n) is 9.33. The van der Waals surface area contributed by atoms with Gasteiger partial charge < -0.3 is 19.7 Å². The second-order valence-corrected chi connectivity index (χ2v) is 9.74. The van der Waals surface area contributed by atoms with Crippen LogP contribution in [0.15, 0.2) is 72.8 Å². The van der Waals surface area contributed by atoms with E-state index in [9.17, 15) is 14.4 Å². The molecule has 6 rings (SSSR count). The van der Waals surface area contributed by atoms with E-state index in [0.29, 0.717) is 22.9 Å².